The highest BCUT2D eigenvalue weighted by Gasteiger charge is 2.41. The summed E-state index contributed by atoms with van der Waals surface area (Å²) in [5.74, 6) is 0. The molecule has 0 radical (unpaired) electrons. The molecule has 1 aromatic carbocycles. The number of aryl methyl sites for hydroxylation is 1. The van der Waals surface area contributed by atoms with E-state index in [2.05, 4.69) is 47.4 Å². The van der Waals surface area contributed by atoms with E-state index < -0.39 is 0 Å². The zero-order valence-corrected chi connectivity index (χ0v) is 10.1. The highest BCUT2D eigenvalue weighted by molar-refractivity contribution is 5.83. The van der Waals surface area contributed by atoms with Crippen molar-refractivity contribution in [1.29, 1.82) is 0 Å². The number of aromatic nitrogens is 1. The summed E-state index contributed by atoms with van der Waals surface area (Å²) in [6.45, 7) is 1.18. The third-order valence-corrected chi connectivity index (χ3v) is 3.85. The minimum atomic E-state index is 0.158. The molecule has 1 aliphatic carbocycles. The van der Waals surface area contributed by atoms with Gasteiger partial charge < -0.3 is 15.0 Å². The fraction of sp³-hybridized carbons (Fsp3) is 0.429. The van der Waals surface area contributed by atoms with Gasteiger partial charge >= 0.3 is 0 Å². The highest BCUT2D eigenvalue weighted by atomic mass is 16.3. The maximum absolute atomic E-state index is 9.27. The summed E-state index contributed by atoms with van der Waals surface area (Å²) in [5, 5.41) is 14.0. The standard InChI is InChI=1S/C14H18N2O/c1-16-7-4-11-8-12(2-3-13(11)16)15-9-14(10-17)5-6-14/h2-4,7-8,15,17H,5-6,9-10H2,1H3. The molecule has 0 saturated heterocycles. The summed E-state index contributed by atoms with van der Waals surface area (Å²) in [6, 6.07) is 8.54. The van der Waals surface area contributed by atoms with Crippen LogP contribution in [0.25, 0.3) is 10.9 Å². The molecule has 1 aliphatic rings. The average molecular weight is 230 g/mol. The minimum Gasteiger partial charge on any atom is -0.396 e. The van der Waals surface area contributed by atoms with Crippen LogP contribution in [0, 0.1) is 5.41 Å². The summed E-state index contributed by atoms with van der Waals surface area (Å²) in [5.41, 5.74) is 2.55. The first-order valence-corrected chi connectivity index (χ1v) is 6.12. The Morgan fingerprint density at radius 3 is 2.88 bits per heavy atom. The molecular weight excluding hydrogens is 212 g/mol. The quantitative estimate of drug-likeness (QED) is 0.846. The van der Waals surface area contributed by atoms with Gasteiger partial charge in [-0.15, -0.1) is 0 Å². The molecule has 0 amide bonds. The van der Waals surface area contributed by atoms with Crippen LogP contribution in [0.5, 0.6) is 0 Å². The van der Waals surface area contributed by atoms with Crippen LogP contribution >= 0.6 is 0 Å². The summed E-state index contributed by atoms with van der Waals surface area (Å²) in [7, 11) is 2.06. The predicted octanol–water partition coefficient (Wildman–Crippen LogP) is 2.36. The lowest BCUT2D eigenvalue weighted by atomic mass is 10.1. The third-order valence-electron chi connectivity index (χ3n) is 3.85. The number of rotatable bonds is 4. The minimum absolute atomic E-state index is 0.158. The third kappa shape index (κ3) is 1.91. The monoisotopic (exact) mass is 230 g/mol. The second kappa shape index (κ2) is 3.77. The lowest BCUT2D eigenvalue weighted by Crippen LogP contribution is -2.18. The van der Waals surface area contributed by atoms with Gasteiger partial charge in [0.05, 0.1) is 6.61 Å². The largest absolute Gasteiger partial charge is 0.396 e. The SMILES string of the molecule is Cn1ccc2cc(NCC3(CO)CC3)ccc21. The number of aliphatic hydroxyl groups excluding tert-OH is 1. The molecule has 0 aliphatic heterocycles. The Morgan fingerprint density at radius 2 is 2.18 bits per heavy atom. The number of anilines is 1. The zero-order chi connectivity index (χ0) is 11.9. The first-order chi connectivity index (χ1) is 8.22. The normalized spacial score (nSPS) is 17.3. The molecule has 0 atom stereocenters. The zero-order valence-electron chi connectivity index (χ0n) is 10.1. The van der Waals surface area contributed by atoms with Crippen molar-refractivity contribution in [3.63, 3.8) is 0 Å². The van der Waals surface area contributed by atoms with Crippen molar-refractivity contribution in [3.05, 3.63) is 30.5 Å². The van der Waals surface area contributed by atoms with E-state index in [0.29, 0.717) is 6.61 Å². The summed E-state index contributed by atoms with van der Waals surface area (Å²) in [6.07, 6.45) is 4.36. The average Bonchev–Trinajstić information content (AvgIpc) is 3.06. The molecular formula is C14H18N2O. The van der Waals surface area contributed by atoms with Crippen LogP contribution in [-0.2, 0) is 7.05 Å². The summed E-state index contributed by atoms with van der Waals surface area (Å²) >= 11 is 0. The fourth-order valence-corrected chi connectivity index (χ4v) is 2.25. The van der Waals surface area contributed by atoms with E-state index in [9.17, 15) is 5.11 Å². The van der Waals surface area contributed by atoms with Crippen molar-refractivity contribution < 1.29 is 5.11 Å². The van der Waals surface area contributed by atoms with E-state index in [0.717, 1.165) is 25.1 Å². The number of aliphatic hydroxyl groups is 1. The topological polar surface area (TPSA) is 37.2 Å². The van der Waals surface area contributed by atoms with E-state index in [1.165, 1.54) is 10.9 Å². The Balaban J connectivity index is 1.77. The maximum Gasteiger partial charge on any atom is 0.0504 e. The van der Waals surface area contributed by atoms with Gasteiger partial charge in [-0.2, -0.15) is 0 Å². The van der Waals surface area contributed by atoms with E-state index in [1.54, 1.807) is 0 Å². The highest BCUT2D eigenvalue weighted by Crippen LogP contribution is 2.44. The van der Waals surface area contributed by atoms with Crippen LogP contribution in [0.3, 0.4) is 0 Å². The number of benzene rings is 1. The molecule has 17 heavy (non-hydrogen) atoms. The van der Waals surface area contributed by atoms with Crippen LogP contribution < -0.4 is 5.32 Å². The van der Waals surface area contributed by atoms with Crippen LogP contribution in [0.2, 0.25) is 0 Å². The van der Waals surface area contributed by atoms with Gasteiger partial charge in [-0.3, -0.25) is 0 Å². The number of fused-ring (bicyclic) bond motifs is 1. The Morgan fingerprint density at radius 1 is 1.35 bits per heavy atom. The molecule has 1 saturated carbocycles. The van der Waals surface area contributed by atoms with Crippen molar-refractivity contribution >= 4 is 16.6 Å². The van der Waals surface area contributed by atoms with Crippen molar-refractivity contribution in [2.24, 2.45) is 12.5 Å². The molecule has 1 fully saturated rings. The Kier molecular flexibility index (Phi) is 2.37. The van der Waals surface area contributed by atoms with Gasteiger partial charge in [-0.1, -0.05) is 0 Å². The molecule has 3 nitrogen and oxygen atoms in total. The molecule has 2 aromatic rings. The van der Waals surface area contributed by atoms with Gasteiger partial charge in [-0.25, -0.2) is 0 Å². The Hall–Kier alpha value is -1.48. The van der Waals surface area contributed by atoms with Crippen molar-refractivity contribution in [1.82, 2.24) is 4.57 Å². The summed E-state index contributed by atoms with van der Waals surface area (Å²) in [4.78, 5) is 0. The Bertz CT molecular complexity index is 540. The van der Waals surface area contributed by atoms with Gasteiger partial charge in [-0.05, 0) is 37.1 Å². The second-order valence-electron chi connectivity index (χ2n) is 5.21. The van der Waals surface area contributed by atoms with Crippen LogP contribution in [0.15, 0.2) is 30.5 Å². The van der Waals surface area contributed by atoms with Gasteiger partial charge in [0.15, 0.2) is 0 Å². The molecule has 0 spiro atoms. The van der Waals surface area contributed by atoms with E-state index in [-0.39, 0.29) is 5.41 Å². The first kappa shape index (κ1) is 10.7. The molecule has 1 aromatic heterocycles. The van der Waals surface area contributed by atoms with Crippen molar-refractivity contribution in [2.75, 3.05) is 18.5 Å². The number of nitrogens with zero attached hydrogens (tertiary/aromatic N) is 1. The smallest absolute Gasteiger partial charge is 0.0504 e. The van der Waals surface area contributed by atoms with E-state index in [4.69, 9.17) is 0 Å². The molecule has 0 unspecified atom stereocenters. The van der Waals surface area contributed by atoms with Crippen LogP contribution in [0.1, 0.15) is 12.8 Å². The van der Waals surface area contributed by atoms with Gasteiger partial charge in [0.2, 0.25) is 0 Å². The van der Waals surface area contributed by atoms with Gasteiger partial charge in [0, 0.05) is 41.8 Å². The lowest BCUT2D eigenvalue weighted by Gasteiger charge is -2.13. The fourth-order valence-electron chi connectivity index (χ4n) is 2.25. The number of nitrogens with one attached hydrogen (secondary N) is 1. The van der Waals surface area contributed by atoms with Crippen molar-refractivity contribution in [2.45, 2.75) is 12.8 Å². The summed E-state index contributed by atoms with van der Waals surface area (Å²) < 4.78 is 2.12. The molecule has 3 rings (SSSR count). The van der Waals surface area contributed by atoms with Gasteiger partial charge in [0.1, 0.15) is 0 Å². The molecule has 3 heteroatoms. The number of hydrogen-bond donors (Lipinski definition) is 2. The maximum atomic E-state index is 9.27. The molecule has 2 N–H and O–H groups in total. The van der Waals surface area contributed by atoms with E-state index in [1.807, 2.05) is 0 Å². The predicted molar refractivity (Wildman–Crippen MR) is 70.2 cm³/mol. The van der Waals surface area contributed by atoms with Crippen molar-refractivity contribution in [3.8, 4) is 0 Å². The first-order valence-electron chi connectivity index (χ1n) is 6.12. The van der Waals surface area contributed by atoms with E-state index >= 15 is 0 Å². The van der Waals surface area contributed by atoms with Crippen LogP contribution in [-0.4, -0.2) is 22.8 Å². The van der Waals surface area contributed by atoms with Gasteiger partial charge in [0.25, 0.3) is 0 Å². The second-order valence-corrected chi connectivity index (χ2v) is 5.21. The Labute approximate surface area is 101 Å². The number of hydrogen-bond acceptors (Lipinski definition) is 2. The van der Waals surface area contributed by atoms with Crippen LogP contribution in [0.4, 0.5) is 5.69 Å². The molecule has 90 valence electrons. The lowest BCUT2D eigenvalue weighted by molar-refractivity contribution is 0.220. The molecule has 0 bridgehead atoms. The molecule has 1 heterocycles.